The Kier molecular flexibility index (Phi) is 6.95. The Hall–Kier alpha value is -1.48. The van der Waals surface area contributed by atoms with Crippen LogP contribution in [0.5, 0.6) is 0 Å². The summed E-state index contributed by atoms with van der Waals surface area (Å²) in [6, 6.07) is 14.7. The van der Waals surface area contributed by atoms with Gasteiger partial charge in [0.2, 0.25) is 10.0 Å². The second-order valence-corrected chi connectivity index (χ2v) is 9.05. The van der Waals surface area contributed by atoms with E-state index in [1.807, 2.05) is 12.1 Å². The predicted octanol–water partition coefficient (Wildman–Crippen LogP) is 3.23. The molecule has 0 aliphatic carbocycles. The fourth-order valence-electron chi connectivity index (χ4n) is 2.09. The van der Waals surface area contributed by atoms with Crippen LogP contribution >= 0.6 is 28.1 Å². The summed E-state index contributed by atoms with van der Waals surface area (Å²) < 4.78 is 26.6. The highest BCUT2D eigenvalue weighted by Gasteiger charge is 2.17. The first-order valence-electron chi connectivity index (χ1n) is 7.61. The Bertz CT molecular complexity index is 837. The Morgan fingerprint density at radius 1 is 1.16 bits per heavy atom. The summed E-state index contributed by atoms with van der Waals surface area (Å²) in [6.45, 7) is 0.684. The number of anilines is 1. The Labute approximate surface area is 162 Å². The fourth-order valence-corrected chi connectivity index (χ4v) is 3.52. The van der Waals surface area contributed by atoms with Crippen LogP contribution in [0.4, 0.5) is 5.69 Å². The van der Waals surface area contributed by atoms with E-state index in [0.717, 1.165) is 10.9 Å². The zero-order valence-corrected chi connectivity index (χ0v) is 17.2. The van der Waals surface area contributed by atoms with Crippen LogP contribution in [0, 0.1) is 0 Å². The van der Waals surface area contributed by atoms with Gasteiger partial charge in [0.25, 0.3) is 0 Å². The van der Waals surface area contributed by atoms with Crippen molar-refractivity contribution in [3.63, 3.8) is 0 Å². The van der Waals surface area contributed by atoms with E-state index < -0.39 is 10.0 Å². The lowest BCUT2D eigenvalue weighted by atomic mass is 10.1. The van der Waals surface area contributed by atoms with E-state index in [0.29, 0.717) is 17.3 Å². The molecule has 2 rings (SSSR count). The van der Waals surface area contributed by atoms with Crippen LogP contribution in [0.25, 0.3) is 0 Å². The van der Waals surface area contributed by atoms with Gasteiger partial charge in [0.05, 0.1) is 4.90 Å². The molecule has 2 N–H and O–H groups in total. The minimum absolute atomic E-state index is 0.222. The number of hydrogen-bond donors (Lipinski definition) is 2. The molecule has 0 unspecified atom stereocenters. The molecular weight excluding hydrogens is 422 g/mol. The summed E-state index contributed by atoms with van der Waals surface area (Å²) in [5, 5.41) is 6.60. The lowest BCUT2D eigenvalue weighted by molar-refractivity contribution is 0.521. The van der Waals surface area contributed by atoms with Crippen LogP contribution < -0.4 is 10.6 Å². The van der Waals surface area contributed by atoms with Crippen molar-refractivity contribution in [1.29, 1.82) is 0 Å². The second kappa shape index (κ2) is 8.75. The minimum Gasteiger partial charge on any atom is -0.362 e. The van der Waals surface area contributed by atoms with Crippen molar-refractivity contribution >= 4 is 49.0 Å². The average Bonchev–Trinajstić information content (AvgIpc) is 2.56. The normalized spacial score (nSPS) is 11.4. The molecule has 0 bridgehead atoms. The molecule has 0 spiro atoms. The first-order valence-corrected chi connectivity index (χ1v) is 10.2. The SMILES string of the molecule is CN(C)S(=O)(=O)c1cccc(NC(=S)NCCc2ccc(Br)cc2)c1. The summed E-state index contributed by atoms with van der Waals surface area (Å²) in [4.78, 5) is 0.222. The molecular formula is C17H20BrN3O2S2. The van der Waals surface area contributed by atoms with E-state index in [1.54, 1.807) is 24.3 Å². The van der Waals surface area contributed by atoms with Crippen LogP contribution in [-0.4, -0.2) is 38.5 Å². The molecule has 5 nitrogen and oxygen atoms in total. The highest BCUT2D eigenvalue weighted by Crippen LogP contribution is 2.18. The van der Waals surface area contributed by atoms with Gasteiger partial charge in [0, 0.05) is 30.8 Å². The molecule has 2 aromatic carbocycles. The predicted molar refractivity (Wildman–Crippen MR) is 109 cm³/mol. The first-order chi connectivity index (χ1) is 11.8. The molecule has 134 valence electrons. The van der Waals surface area contributed by atoms with Gasteiger partial charge >= 0.3 is 0 Å². The molecule has 0 aliphatic rings. The average molecular weight is 442 g/mol. The summed E-state index contributed by atoms with van der Waals surface area (Å²) in [5.41, 5.74) is 1.83. The Morgan fingerprint density at radius 3 is 2.48 bits per heavy atom. The minimum atomic E-state index is -3.47. The summed E-state index contributed by atoms with van der Waals surface area (Å²) in [6.07, 6.45) is 0.837. The highest BCUT2D eigenvalue weighted by atomic mass is 79.9. The van der Waals surface area contributed by atoms with Crippen molar-refractivity contribution in [2.24, 2.45) is 0 Å². The van der Waals surface area contributed by atoms with Crippen molar-refractivity contribution in [2.45, 2.75) is 11.3 Å². The molecule has 0 aromatic heterocycles. The quantitative estimate of drug-likeness (QED) is 0.673. The summed E-state index contributed by atoms with van der Waals surface area (Å²) >= 11 is 8.68. The van der Waals surface area contributed by atoms with Gasteiger partial charge in [0.1, 0.15) is 0 Å². The van der Waals surface area contributed by atoms with Crippen LogP contribution in [0.2, 0.25) is 0 Å². The van der Waals surface area contributed by atoms with E-state index in [-0.39, 0.29) is 4.90 Å². The van der Waals surface area contributed by atoms with E-state index in [4.69, 9.17) is 12.2 Å². The fraction of sp³-hybridized carbons (Fsp3) is 0.235. The maximum atomic E-state index is 12.2. The molecule has 0 saturated carbocycles. The van der Waals surface area contributed by atoms with Crippen LogP contribution in [0.15, 0.2) is 57.9 Å². The molecule has 0 aliphatic heterocycles. The van der Waals surface area contributed by atoms with Crippen molar-refractivity contribution in [2.75, 3.05) is 26.0 Å². The molecule has 25 heavy (non-hydrogen) atoms. The standard InChI is InChI=1S/C17H20BrN3O2S2/c1-21(2)25(22,23)16-5-3-4-15(12-16)20-17(24)19-11-10-13-6-8-14(18)9-7-13/h3-9,12H,10-11H2,1-2H3,(H2,19,20,24). The number of sulfonamides is 1. The maximum absolute atomic E-state index is 12.2. The monoisotopic (exact) mass is 441 g/mol. The van der Waals surface area contributed by atoms with E-state index in [1.165, 1.54) is 24.0 Å². The number of rotatable bonds is 6. The van der Waals surface area contributed by atoms with Gasteiger partial charge in [-0.15, -0.1) is 0 Å². The Balaban J connectivity index is 1.91. The van der Waals surface area contributed by atoms with Crippen molar-refractivity contribution in [1.82, 2.24) is 9.62 Å². The zero-order valence-electron chi connectivity index (χ0n) is 14.0. The Morgan fingerprint density at radius 2 is 1.84 bits per heavy atom. The van der Waals surface area contributed by atoms with Crippen molar-refractivity contribution in [3.8, 4) is 0 Å². The molecule has 8 heteroatoms. The lowest BCUT2D eigenvalue weighted by Crippen LogP contribution is -2.30. The lowest BCUT2D eigenvalue weighted by Gasteiger charge is -2.14. The molecule has 0 atom stereocenters. The van der Waals surface area contributed by atoms with E-state index >= 15 is 0 Å². The maximum Gasteiger partial charge on any atom is 0.242 e. The third-order valence-electron chi connectivity index (χ3n) is 3.48. The van der Waals surface area contributed by atoms with E-state index in [9.17, 15) is 8.42 Å². The number of hydrogen-bond acceptors (Lipinski definition) is 3. The summed E-state index contributed by atoms with van der Waals surface area (Å²) in [5.74, 6) is 0. The number of benzene rings is 2. The third-order valence-corrected chi connectivity index (χ3v) is 6.07. The van der Waals surface area contributed by atoms with Crippen molar-refractivity contribution < 1.29 is 8.42 Å². The van der Waals surface area contributed by atoms with Crippen LogP contribution in [0.3, 0.4) is 0 Å². The zero-order chi connectivity index (χ0) is 18.4. The van der Waals surface area contributed by atoms with Gasteiger partial charge < -0.3 is 10.6 Å². The molecule has 0 heterocycles. The molecule has 2 aromatic rings. The molecule has 0 radical (unpaired) electrons. The number of nitrogens with zero attached hydrogens (tertiary/aromatic N) is 1. The van der Waals surface area contributed by atoms with Crippen LogP contribution in [-0.2, 0) is 16.4 Å². The topological polar surface area (TPSA) is 61.4 Å². The number of thiocarbonyl (C=S) groups is 1. The van der Waals surface area contributed by atoms with Crippen LogP contribution in [0.1, 0.15) is 5.56 Å². The smallest absolute Gasteiger partial charge is 0.242 e. The largest absolute Gasteiger partial charge is 0.362 e. The molecule has 0 fully saturated rings. The molecule has 0 amide bonds. The number of nitrogens with one attached hydrogen (secondary N) is 2. The van der Waals surface area contributed by atoms with Crippen molar-refractivity contribution in [3.05, 3.63) is 58.6 Å². The second-order valence-electron chi connectivity index (χ2n) is 5.57. The molecule has 0 saturated heterocycles. The first kappa shape index (κ1) is 19.8. The number of halogens is 1. The summed E-state index contributed by atoms with van der Waals surface area (Å²) in [7, 11) is -0.458. The van der Waals surface area contributed by atoms with Gasteiger partial charge in [0.15, 0.2) is 5.11 Å². The van der Waals surface area contributed by atoms with Gasteiger partial charge in [-0.25, -0.2) is 12.7 Å². The third kappa shape index (κ3) is 5.78. The van der Waals surface area contributed by atoms with Gasteiger partial charge in [-0.05, 0) is 54.5 Å². The van der Waals surface area contributed by atoms with Gasteiger partial charge in [-0.3, -0.25) is 0 Å². The van der Waals surface area contributed by atoms with Gasteiger partial charge in [-0.2, -0.15) is 0 Å². The van der Waals surface area contributed by atoms with E-state index in [2.05, 4.69) is 38.7 Å². The van der Waals surface area contributed by atoms with Gasteiger partial charge in [-0.1, -0.05) is 34.1 Å². The highest BCUT2D eigenvalue weighted by molar-refractivity contribution is 9.10.